The van der Waals surface area contributed by atoms with Crippen molar-refractivity contribution in [1.82, 2.24) is 0 Å². The van der Waals surface area contributed by atoms with Crippen LogP contribution < -0.4 is 0 Å². The number of hydrogen-bond acceptors (Lipinski definition) is 3. The fraction of sp³-hybridized carbons (Fsp3) is 0.618. The van der Waals surface area contributed by atoms with Crippen LogP contribution in [0.3, 0.4) is 0 Å². The summed E-state index contributed by atoms with van der Waals surface area (Å²) in [6, 6.07) is 17.7. The Balaban J connectivity index is 1.33. The van der Waals surface area contributed by atoms with Crippen molar-refractivity contribution in [3.05, 3.63) is 119 Å². The molecule has 0 saturated heterocycles. The Morgan fingerprint density at radius 2 is 0.793 bits per heavy atom. The third-order valence-corrected chi connectivity index (χ3v) is 13.3. The number of rotatable bonds is 30. The average molecular weight is 791 g/mol. The Labute approximate surface area is 355 Å². The Bertz CT molecular complexity index is 1450. The molecule has 0 fully saturated rings. The molecular formula is C55H82O3. The molecule has 3 heteroatoms. The number of aryl methyl sites for hydroxylation is 2. The summed E-state index contributed by atoms with van der Waals surface area (Å²) >= 11 is 0. The van der Waals surface area contributed by atoms with Crippen molar-refractivity contribution in [1.29, 1.82) is 0 Å². The number of ketones is 1. The molecule has 4 rings (SSSR count). The van der Waals surface area contributed by atoms with Gasteiger partial charge in [0.1, 0.15) is 11.2 Å². The van der Waals surface area contributed by atoms with Crippen LogP contribution in [-0.4, -0.2) is 27.2 Å². The average Bonchev–Trinajstić information content (AvgIpc) is 3.22. The SMILES string of the molecule is CCCCCCCCCCCCc1ccc(C2(CC(C)(O)C(=O)C(C)(O)CC3(c4ccc(CCCCCCCCCCCC)cc4)C=CC=CC3)C=CC=CC2)cc1. The van der Waals surface area contributed by atoms with Crippen molar-refractivity contribution < 1.29 is 15.0 Å². The second-order valence-electron chi connectivity index (χ2n) is 18.8. The molecule has 320 valence electrons. The third kappa shape index (κ3) is 15.2. The van der Waals surface area contributed by atoms with Gasteiger partial charge in [-0.1, -0.05) is 227 Å². The van der Waals surface area contributed by atoms with Crippen molar-refractivity contribution >= 4 is 5.78 Å². The molecule has 2 aromatic rings. The molecule has 2 N–H and O–H groups in total. The number of unbranched alkanes of at least 4 members (excludes halogenated alkanes) is 18. The highest BCUT2D eigenvalue weighted by Gasteiger charge is 2.50. The van der Waals surface area contributed by atoms with E-state index in [9.17, 15) is 15.0 Å². The first-order valence-electron chi connectivity index (χ1n) is 23.9. The zero-order valence-electron chi connectivity index (χ0n) is 37.4. The van der Waals surface area contributed by atoms with Crippen molar-refractivity contribution in [3.63, 3.8) is 0 Å². The second-order valence-corrected chi connectivity index (χ2v) is 18.8. The van der Waals surface area contributed by atoms with E-state index in [1.165, 1.54) is 140 Å². The fourth-order valence-electron chi connectivity index (χ4n) is 9.83. The lowest BCUT2D eigenvalue weighted by molar-refractivity contribution is -0.157. The summed E-state index contributed by atoms with van der Waals surface area (Å²) < 4.78 is 0. The zero-order chi connectivity index (χ0) is 41.6. The number of carbonyl (C=O) groups excluding carboxylic acids is 1. The molecule has 58 heavy (non-hydrogen) atoms. The predicted molar refractivity (Wildman–Crippen MR) is 249 cm³/mol. The maximum atomic E-state index is 14.4. The quantitative estimate of drug-likeness (QED) is 0.0775. The predicted octanol–water partition coefficient (Wildman–Crippen LogP) is 14.7. The summed E-state index contributed by atoms with van der Waals surface area (Å²) in [6.45, 7) is 7.78. The summed E-state index contributed by atoms with van der Waals surface area (Å²) in [5.74, 6) is -0.514. The number of benzene rings is 2. The van der Waals surface area contributed by atoms with E-state index in [-0.39, 0.29) is 12.8 Å². The van der Waals surface area contributed by atoms with E-state index in [2.05, 4.69) is 86.7 Å². The van der Waals surface area contributed by atoms with Crippen LogP contribution in [0.5, 0.6) is 0 Å². The molecule has 0 bridgehead atoms. The van der Waals surface area contributed by atoms with Gasteiger partial charge in [0.2, 0.25) is 0 Å². The van der Waals surface area contributed by atoms with Gasteiger partial charge in [-0.05, 0) is 87.5 Å². The molecule has 0 radical (unpaired) electrons. The van der Waals surface area contributed by atoms with Crippen LogP contribution in [0.15, 0.2) is 97.1 Å². The molecule has 3 nitrogen and oxygen atoms in total. The normalized spacial score (nSPS) is 20.9. The Morgan fingerprint density at radius 1 is 0.483 bits per heavy atom. The Kier molecular flexibility index (Phi) is 20.5. The highest BCUT2D eigenvalue weighted by Crippen LogP contribution is 2.45. The van der Waals surface area contributed by atoms with Crippen LogP contribution in [0.25, 0.3) is 0 Å². The van der Waals surface area contributed by atoms with Gasteiger partial charge in [0.05, 0.1) is 0 Å². The topological polar surface area (TPSA) is 57.5 Å². The highest BCUT2D eigenvalue weighted by molar-refractivity contribution is 5.94. The summed E-state index contributed by atoms with van der Waals surface area (Å²) in [4.78, 5) is 14.4. The monoisotopic (exact) mass is 791 g/mol. The molecule has 0 heterocycles. The van der Waals surface area contributed by atoms with Crippen LogP contribution in [0.4, 0.5) is 0 Å². The number of aliphatic hydroxyl groups is 2. The number of allylic oxidation sites excluding steroid dienone is 8. The van der Waals surface area contributed by atoms with Crippen molar-refractivity contribution in [2.45, 2.75) is 217 Å². The molecule has 0 saturated carbocycles. The summed E-state index contributed by atoms with van der Waals surface area (Å²) in [5.41, 5.74) is 0.288. The molecular weight excluding hydrogens is 709 g/mol. The molecule has 0 spiro atoms. The maximum absolute atomic E-state index is 14.4. The van der Waals surface area contributed by atoms with E-state index in [1.54, 1.807) is 13.8 Å². The van der Waals surface area contributed by atoms with Gasteiger partial charge in [-0.15, -0.1) is 0 Å². The van der Waals surface area contributed by atoms with E-state index in [0.717, 1.165) is 24.0 Å². The van der Waals surface area contributed by atoms with Gasteiger partial charge >= 0.3 is 0 Å². The summed E-state index contributed by atoms with van der Waals surface area (Å²) in [6.07, 6.45) is 47.4. The first kappa shape index (κ1) is 47.7. The lowest BCUT2D eigenvalue weighted by Gasteiger charge is -2.43. The van der Waals surface area contributed by atoms with E-state index >= 15 is 0 Å². The lowest BCUT2D eigenvalue weighted by atomic mass is 9.63. The van der Waals surface area contributed by atoms with Crippen LogP contribution in [0.1, 0.15) is 204 Å². The van der Waals surface area contributed by atoms with Crippen molar-refractivity contribution in [2.24, 2.45) is 0 Å². The van der Waals surface area contributed by atoms with Crippen LogP contribution >= 0.6 is 0 Å². The van der Waals surface area contributed by atoms with Gasteiger partial charge in [0, 0.05) is 10.8 Å². The lowest BCUT2D eigenvalue weighted by Crippen LogP contribution is -2.54. The molecule has 4 unspecified atom stereocenters. The van der Waals surface area contributed by atoms with Gasteiger partial charge in [0.15, 0.2) is 5.78 Å². The standard InChI is InChI=1S/C55H82O3/c1-5-7-9-11-13-15-17-19-21-25-31-47-33-37-49(38-34-47)54(41-27-23-28-42-54)45-52(3,57)51(56)53(4,58)46-55(43-29-24-30-44-55)50-39-35-48(36-40-50)32-26-22-20-18-16-14-12-10-8-6-2/h23-24,27-30,33-41,43,57-58H,5-22,25-26,31-32,42,44-46H2,1-4H3. The number of carbonyl (C=O) groups is 1. The van der Waals surface area contributed by atoms with E-state index in [4.69, 9.17) is 0 Å². The first-order valence-corrected chi connectivity index (χ1v) is 23.9. The molecule has 2 aliphatic carbocycles. The molecule has 0 aromatic heterocycles. The summed E-state index contributed by atoms with van der Waals surface area (Å²) in [5, 5.41) is 24.3. The van der Waals surface area contributed by atoms with Gasteiger partial charge in [-0.3, -0.25) is 4.79 Å². The van der Waals surface area contributed by atoms with E-state index in [1.807, 2.05) is 24.3 Å². The molecule has 2 aliphatic rings. The minimum atomic E-state index is -1.75. The Hall–Kier alpha value is -3.01. The zero-order valence-corrected chi connectivity index (χ0v) is 37.4. The summed E-state index contributed by atoms with van der Waals surface area (Å²) in [7, 11) is 0. The van der Waals surface area contributed by atoms with Crippen LogP contribution in [0, 0.1) is 0 Å². The van der Waals surface area contributed by atoms with E-state index < -0.39 is 27.8 Å². The minimum Gasteiger partial charge on any atom is -0.382 e. The molecule has 0 aliphatic heterocycles. The molecule has 4 atom stereocenters. The van der Waals surface area contributed by atoms with Gasteiger partial charge in [0.25, 0.3) is 0 Å². The van der Waals surface area contributed by atoms with Gasteiger partial charge in [-0.2, -0.15) is 0 Å². The molecule has 0 amide bonds. The highest BCUT2D eigenvalue weighted by atomic mass is 16.3. The van der Waals surface area contributed by atoms with Crippen LogP contribution in [-0.2, 0) is 28.5 Å². The smallest absolute Gasteiger partial charge is 0.195 e. The van der Waals surface area contributed by atoms with Crippen molar-refractivity contribution in [3.8, 4) is 0 Å². The fourth-order valence-corrected chi connectivity index (χ4v) is 9.83. The van der Waals surface area contributed by atoms with Gasteiger partial charge < -0.3 is 10.2 Å². The first-order chi connectivity index (χ1) is 28.1. The Morgan fingerprint density at radius 3 is 1.09 bits per heavy atom. The van der Waals surface area contributed by atoms with E-state index in [0.29, 0.717) is 12.8 Å². The molecule has 2 aromatic carbocycles. The maximum Gasteiger partial charge on any atom is 0.195 e. The minimum absolute atomic E-state index is 0.198. The number of hydrogen-bond donors (Lipinski definition) is 2. The second kappa shape index (κ2) is 24.9. The van der Waals surface area contributed by atoms with Crippen molar-refractivity contribution in [2.75, 3.05) is 0 Å². The third-order valence-electron chi connectivity index (χ3n) is 13.3. The number of Topliss-reactive ketones (excluding diaryl/α,β-unsaturated/α-hetero) is 1. The largest absolute Gasteiger partial charge is 0.382 e. The van der Waals surface area contributed by atoms with Crippen LogP contribution in [0.2, 0.25) is 0 Å². The van der Waals surface area contributed by atoms with Gasteiger partial charge in [-0.25, -0.2) is 0 Å².